The van der Waals surface area contributed by atoms with Gasteiger partial charge in [-0.15, -0.1) is 11.8 Å². The van der Waals surface area contributed by atoms with Gasteiger partial charge in [-0.2, -0.15) is 0 Å². The summed E-state index contributed by atoms with van der Waals surface area (Å²) in [5.74, 6) is 0.431. The lowest BCUT2D eigenvalue weighted by Gasteiger charge is -2.39. The number of thioether (sulfide) groups is 1. The molecule has 1 aliphatic rings. The highest BCUT2D eigenvalue weighted by Crippen LogP contribution is 2.24. The van der Waals surface area contributed by atoms with Crippen molar-refractivity contribution in [1.29, 1.82) is 0 Å². The molecule has 0 aromatic heterocycles. The molecule has 1 aliphatic heterocycles. The van der Waals surface area contributed by atoms with E-state index in [1.807, 2.05) is 11.8 Å². The number of esters is 1. The molecule has 1 heterocycles. The minimum Gasteiger partial charge on any atom is -0.469 e. The van der Waals surface area contributed by atoms with E-state index in [0.717, 1.165) is 12.8 Å². The third-order valence-electron chi connectivity index (χ3n) is 3.65. The first-order valence-corrected chi connectivity index (χ1v) is 8.00. The summed E-state index contributed by atoms with van der Waals surface area (Å²) in [7, 11) is 1.39. The van der Waals surface area contributed by atoms with Crippen LogP contribution in [0, 0.1) is 0 Å². The van der Waals surface area contributed by atoms with Crippen LogP contribution in [0.3, 0.4) is 0 Å². The molecule has 3 unspecified atom stereocenters. The second-order valence-electron chi connectivity index (χ2n) is 5.33. The number of nitrogens with zero attached hydrogens (tertiary/aromatic N) is 1. The number of amides is 1. The van der Waals surface area contributed by atoms with Gasteiger partial charge in [0.25, 0.3) is 0 Å². The second-order valence-corrected chi connectivity index (χ2v) is 6.76. The van der Waals surface area contributed by atoms with Crippen LogP contribution < -0.4 is 0 Å². The van der Waals surface area contributed by atoms with Crippen molar-refractivity contribution in [1.82, 2.24) is 4.90 Å². The van der Waals surface area contributed by atoms with E-state index in [9.17, 15) is 9.59 Å². The first-order valence-electron chi connectivity index (χ1n) is 6.95. The minimum absolute atomic E-state index is 0.117. The molecule has 0 radical (unpaired) electrons. The number of hydrogen-bond donors (Lipinski definition) is 0. The number of carbonyl (C=O) groups is 2. The zero-order chi connectivity index (χ0) is 14.4. The highest BCUT2D eigenvalue weighted by atomic mass is 32.2. The Kier molecular flexibility index (Phi) is 6.69. The van der Waals surface area contributed by atoms with Crippen LogP contribution in [0.4, 0.5) is 0 Å². The molecule has 0 aliphatic carbocycles. The summed E-state index contributed by atoms with van der Waals surface area (Å²) in [6.45, 7) is 6.20. The van der Waals surface area contributed by atoms with Crippen molar-refractivity contribution in [3.05, 3.63) is 0 Å². The Labute approximate surface area is 120 Å². The normalized spacial score (nSPS) is 24.9. The van der Waals surface area contributed by atoms with Gasteiger partial charge >= 0.3 is 5.97 Å². The predicted octanol–water partition coefficient (Wildman–Crippen LogP) is 2.46. The van der Waals surface area contributed by atoms with Crippen molar-refractivity contribution in [3.8, 4) is 0 Å². The van der Waals surface area contributed by atoms with Gasteiger partial charge in [-0.1, -0.05) is 6.92 Å². The van der Waals surface area contributed by atoms with E-state index in [-0.39, 0.29) is 17.1 Å². The van der Waals surface area contributed by atoms with Crippen LogP contribution >= 0.6 is 11.8 Å². The molecule has 1 amide bonds. The van der Waals surface area contributed by atoms with Gasteiger partial charge in [0, 0.05) is 17.3 Å². The fraction of sp³-hybridized carbons (Fsp3) is 0.857. The molecule has 0 saturated carbocycles. The lowest BCUT2D eigenvalue weighted by Crippen LogP contribution is -2.48. The summed E-state index contributed by atoms with van der Waals surface area (Å²) in [6.07, 6.45) is 3.76. The molecule has 0 N–H and O–H groups in total. The number of piperidine rings is 1. The number of likely N-dealkylation sites (tertiary alicyclic amines) is 1. The van der Waals surface area contributed by atoms with Crippen LogP contribution in [0.1, 0.15) is 46.5 Å². The summed E-state index contributed by atoms with van der Waals surface area (Å²) in [4.78, 5) is 25.4. The van der Waals surface area contributed by atoms with Crippen LogP contribution in [0.15, 0.2) is 0 Å². The highest BCUT2D eigenvalue weighted by Gasteiger charge is 2.28. The largest absolute Gasteiger partial charge is 0.469 e. The molecule has 0 aromatic rings. The molecule has 4 nitrogen and oxygen atoms in total. The predicted molar refractivity (Wildman–Crippen MR) is 78.2 cm³/mol. The van der Waals surface area contributed by atoms with Gasteiger partial charge in [-0.25, -0.2) is 0 Å². The van der Waals surface area contributed by atoms with Gasteiger partial charge in [-0.05, 0) is 33.1 Å². The molecule has 1 rings (SSSR count). The van der Waals surface area contributed by atoms with E-state index in [0.29, 0.717) is 24.3 Å². The van der Waals surface area contributed by atoms with E-state index in [1.54, 1.807) is 0 Å². The fourth-order valence-electron chi connectivity index (χ4n) is 2.58. The Morgan fingerprint density at radius 3 is 2.42 bits per heavy atom. The average molecular weight is 287 g/mol. The summed E-state index contributed by atoms with van der Waals surface area (Å²) in [6, 6.07) is 0.681. The van der Waals surface area contributed by atoms with Gasteiger partial charge in [0.1, 0.15) is 0 Å². The molecule has 1 saturated heterocycles. The van der Waals surface area contributed by atoms with E-state index in [4.69, 9.17) is 0 Å². The molecule has 19 heavy (non-hydrogen) atoms. The highest BCUT2D eigenvalue weighted by molar-refractivity contribution is 8.00. The third-order valence-corrected chi connectivity index (χ3v) is 4.80. The van der Waals surface area contributed by atoms with E-state index in [2.05, 4.69) is 18.6 Å². The van der Waals surface area contributed by atoms with E-state index in [1.165, 1.54) is 25.3 Å². The maximum Gasteiger partial charge on any atom is 0.306 e. The lowest BCUT2D eigenvalue weighted by molar-refractivity contribution is -0.140. The molecular weight excluding hydrogens is 262 g/mol. The van der Waals surface area contributed by atoms with Crippen molar-refractivity contribution < 1.29 is 14.3 Å². The van der Waals surface area contributed by atoms with Crippen molar-refractivity contribution >= 4 is 23.6 Å². The van der Waals surface area contributed by atoms with Crippen LogP contribution in [0.2, 0.25) is 0 Å². The van der Waals surface area contributed by atoms with Crippen molar-refractivity contribution in [2.24, 2.45) is 0 Å². The SMILES string of the molecule is COC(=O)CC(C)SCC(=O)N1C(C)CCCC1C. The maximum atomic E-state index is 12.3. The number of ether oxygens (including phenoxy) is 1. The molecular formula is C14H25NO3S. The van der Waals surface area contributed by atoms with Crippen LogP contribution in [-0.4, -0.2) is 47.0 Å². The Bertz CT molecular complexity index is 312. The minimum atomic E-state index is -0.216. The Morgan fingerprint density at radius 1 is 1.32 bits per heavy atom. The standard InChI is InChI=1S/C14H25NO3S/c1-10-6-5-7-11(2)15(10)13(16)9-19-12(3)8-14(17)18-4/h10-12H,5-9H2,1-4H3. The van der Waals surface area contributed by atoms with Gasteiger partial charge in [0.15, 0.2) is 0 Å². The summed E-state index contributed by atoms with van der Waals surface area (Å²) < 4.78 is 4.63. The number of hydrogen-bond acceptors (Lipinski definition) is 4. The third kappa shape index (κ3) is 5.05. The summed E-state index contributed by atoms with van der Waals surface area (Å²) >= 11 is 1.53. The van der Waals surface area contributed by atoms with Crippen molar-refractivity contribution in [2.75, 3.05) is 12.9 Å². The number of carbonyl (C=O) groups excluding carboxylic acids is 2. The Balaban J connectivity index is 2.39. The lowest BCUT2D eigenvalue weighted by atomic mass is 9.98. The van der Waals surface area contributed by atoms with Crippen LogP contribution in [0.5, 0.6) is 0 Å². The maximum absolute atomic E-state index is 12.3. The zero-order valence-electron chi connectivity index (χ0n) is 12.3. The quantitative estimate of drug-likeness (QED) is 0.729. The summed E-state index contributed by atoms with van der Waals surface area (Å²) in [5, 5.41) is 0.117. The monoisotopic (exact) mass is 287 g/mol. The van der Waals surface area contributed by atoms with Gasteiger partial charge < -0.3 is 9.64 Å². The van der Waals surface area contributed by atoms with Crippen molar-refractivity contribution in [3.63, 3.8) is 0 Å². The van der Waals surface area contributed by atoms with E-state index >= 15 is 0 Å². The zero-order valence-corrected chi connectivity index (χ0v) is 13.2. The molecule has 1 fully saturated rings. The number of rotatable bonds is 5. The molecule has 0 bridgehead atoms. The molecule has 0 spiro atoms. The first kappa shape index (κ1) is 16.3. The second kappa shape index (κ2) is 7.78. The smallest absolute Gasteiger partial charge is 0.306 e. The fourth-order valence-corrected chi connectivity index (χ4v) is 3.41. The van der Waals surface area contributed by atoms with Crippen molar-refractivity contribution in [2.45, 2.75) is 63.8 Å². The van der Waals surface area contributed by atoms with Gasteiger partial charge in [0.2, 0.25) is 5.91 Å². The molecule has 3 atom stereocenters. The van der Waals surface area contributed by atoms with Gasteiger partial charge in [-0.3, -0.25) is 9.59 Å². The topological polar surface area (TPSA) is 46.6 Å². The molecule has 5 heteroatoms. The van der Waals surface area contributed by atoms with Crippen LogP contribution in [0.25, 0.3) is 0 Å². The number of methoxy groups -OCH3 is 1. The van der Waals surface area contributed by atoms with E-state index < -0.39 is 0 Å². The Morgan fingerprint density at radius 2 is 1.89 bits per heavy atom. The average Bonchev–Trinajstić information content (AvgIpc) is 2.36. The van der Waals surface area contributed by atoms with Crippen LogP contribution in [-0.2, 0) is 14.3 Å². The first-order chi connectivity index (χ1) is 8.95. The Hall–Kier alpha value is -0.710. The molecule has 0 aromatic carbocycles. The summed E-state index contributed by atoms with van der Waals surface area (Å²) in [5.41, 5.74) is 0. The molecule has 110 valence electrons. The van der Waals surface area contributed by atoms with Gasteiger partial charge in [0.05, 0.1) is 19.3 Å².